The van der Waals surface area contributed by atoms with Crippen LogP contribution in [-0.2, 0) is 14.9 Å². The Balaban J connectivity index is 2.32. The van der Waals surface area contributed by atoms with Gasteiger partial charge in [-0.2, -0.15) is 8.42 Å². The maximum atomic E-state index is 11.3. The standard InChI is InChI=1S/C11H15N3O4S/c1-4-8(9-6-5-7(2)18-9)12-10-11(17-3)14-19(15,16)13-10/h5-6,8H,4H2,1-3H3,(H,12,13)/t8-/m1/s1. The van der Waals surface area contributed by atoms with Crippen LogP contribution in [0.1, 0.15) is 30.9 Å². The number of ether oxygens (including phenoxy) is 1. The van der Waals surface area contributed by atoms with E-state index in [-0.39, 0.29) is 17.8 Å². The smallest absolute Gasteiger partial charge is 0.347 e. The Labute approximate surface area is 111 Å². The molecule has 7 nitrogen and oxygen atoms in total. The highest BCUT2D eigenvalue weighted by Crippen LogP contribution is 2.23. The third-order valence-corrected chi connectivity index (χ3v) is 3.44. The molecule has 1 N–H and O–H groups in total. The van der Waals surface area contributed by atoms with Gasteiger partial charge in [0.25, 0.3) is 5.90 Å². The van der Waals surface area contributed by atoms with E-state index in [0.29, 0.717) is 12.2 Å². The van der Waals surface area contributed by atoms with Crippen molar-refractivity contribution >= 4 is 21.9 Å². The molecule has 1 atom stereocenters. The van der Waals surface area contributed by atoms with Gasteiger partial charge in [-0.15, -0.1) is 4.40 Å². The zero-order chi connectivity index (χ0) is 14.0. The van der Waals surface area contributed by atoms with Crippen LogP contribution in [0.3, 0.4) is 0 Å². The van der Waals surface area contributed by atoms with Gasteiger partial charge in [-0.05, 0) is 25.5 Å². The van der Waals surface area contributed by atoms with E-state index < -0.39 is 10.2 Å². The van der Waals surface area contributed by atoms with Gasteiger partial charge in [-0.1, -0.05) is 6.92 Å². The van der Waals surface area contributed by atoms with E-state index >= 15 is 0 Å². The molecule has 0 fully saturated rings. The van der Waals surface area contributed by atoms with Crippen molar-refractivity contribution < 1.29 is 17.6 Å². The predicted octanol–water partition coefficient (Wildman–Crippen LogP) is 1.33. The van der Waals surface area contributed by atoms with Gasteiger partial charge in [0.2, 0.25) is 5.84 Å². The van der Waals surface area contributed by atoms with Crippen LogP contribution < -0.4 is 4.72 Å². The number of nitrogens with one attached hydrogen (secondary N) is 1. The van der Waals surface area contributed by atoms with Crippen molar-refractivity contribution in [3.8, 4) is 0 Å². The van der Waals surface area contributed by atoms with Gasteiger partial charge in [-0.25, -0.2) is 4.72 Å². The lowest BCUT2D eigenvalue weighted by molar-refractivity contribution is 0.411. The molecular formula is C11H15N3O4S. The van der Waals surface area contributed by atoms with Gasteiger partial charge < -0.3 is 9.15 Å². The second-order valence-corrected chi connectivity index (χ2v) is 5.36. The lowest BCUT2D eigenvalue weighted by atomic mass is 10.2. The average molecular weight is 285 g/mol. The number of rotatable bonds is 3. The quantitative estimate of drug-likeness (QED) is 0.906. The molecule has 8 heteroatoms. The minimum absolute atomic E-state index is 0.0401. The fourth-order valence-corrected chi connectivity index (χ4v) is 2.51. The number of aryl methyl sites for hydroxylation is 1. The van der Waals surface area contributed by atoms with Crippen LogP contribution in [-0.4, -0.2) is 27.3 Å². The van der Waals surface area contributed by atoms with E-state index in [9.17, 15) is 8.42 Å². The first kappa shape index (κ1) is 13.6. The summed E-state index contributed by atoms with van der Waals surface area (Å²) in [5.74, 6) is 1.51. The molecule has 19 heavy (non-hydrogen) atoms. The van der Waals surface area contributed by atoms with Gasteiger partial charge in [0.1, 0.15) is 17.6 Å². The number of hydrogen-bond donors (Lipinski definition) is 1. The lowest BCUT2D eigenvalue weighted by Gasteiger charge is -2.08. The molecule has 0 radical (unpaired) electrons. The van der Waals surface area contributed by atoms with Gasteiger partial charge in [0, 0.05) is 0 Å². The maximum Gasteiger partial charge on any atom is 0.347 e. The molecule has 0 saturated heterocycles. The Morgan fingerprint density at radius 2 is 2.26 bits per heavy atom. The molecule has 0 saturated carbocycles. The van der Waals surface area contributed by atoms with Gasteiger partial charge in [0.15, 0.2) is 0 Å². The third-order valence-electron chi connectivity index (χ3n) is 2.59. The predicted molar refractivity (Wildman–Crippen MR) is 70.4 cm³/mol. The molecule has 2 heterocycles. The number of furan rings is 1. The zero-order valence-corrected chi connectivity index (χ0v) is 11.7. The highest BCUT2D eigenvalue weighted by molar-refractivity contribution is 7.89. The van der Waals surface area contributed by atoms with Crippen LogP contribution in [0.4, 0.5) is 0 Å². The van der Waals surface area contributed by atoms with Crippen LogP contribution in [0.15, 0.2) is 25.9 Å². The molecule has 0 aromatic carbocycles. The topological polar surface area (TPSA) is 93.3 Å². The molecule has 1 aliphatic heterocycles. The molecule has 0 amide bonds. The van der Waals surface area contributed by atoms with Crippen molar-refractivity contribution in [1.82, 2.24) is 4.72 Å². The van der Waals surface area contributed by atoms with E-state index in [1.807, 2.05) is 26.0 Å². The first-order valence-corrected chi connectivity index (χ1v) is 7.20. The van der Waals surface area contributed by atoms with Crippen LogP contribution in [0.2, 0.25) is 0 Å². The second kappa shape index (κ2) is 5.04. The molecule has 1 aromatic heterocycles. The van der Waals surface area contributed by atoms with Crippen molar-refractivity contribution in [1.29, 1.82) is 0 Å². The Morgan fingerprint density at radius 3 is 2.79 bits per heavy atom. The van der Waals surface area contributed by atoms with Crippen LogP contribution in [0.25, 0.3) is 0 Å². The van der Waals surface area contributed by atoms with E-state index in [0.717, 1.165) is 5.76 Å². The lowest BCUT2D eigenvalue weighted by Crippen LogP contribution is -2.28. The van der Waals surface area contributed by atoms with E-state index in [1.54, 1.807) is 0 Å². The first-order valence-electron chi connectivity index (χ1n) is 5.76. The Kier molecular flexibility index (Phi) is 3.61. The number of aliphatic imine (C=N–C) groups is 1. The fraction of sp³-hybridized carbons (Fsp3) is 0.455. The van der Waals surface area contributed by atoms with Gasteiger partial charge in [-0.3, -0.25) is 4.99 Å². The van der Waals surface area contributed by atoms with Gasteiger partial charge in [0.05, 0.1) is 7.11 Å². The molecular weight excluding hydrogens is 270 g/mol. The summed E-state index contributed by atoms with van der Waals surface area (Å²) < 4.78 is 38.7. The van der Waals surface area contributed by atoms with E-state index in [2.05, 4.69) is 14.1 Å². The van der Waals surface area contributed by atoms with Crippen LogP contribution in [0, 0.1) is 6.92 Å². The second-order valence-electron chi connectivity index (χ2n) is 4.03. The molecule has 2 rings (SSSR count). The molecule has 1 aliphatic rings. The van der Waals surface area contributed by atoms with Crippen molar-refractivity contribution in [3.63, 3.8) is 0 Å². The van der Waals surface area contributed by atoms with Crippen LogP contribution >= 0.6 is 0 Å². The summed E-state index contributed by atoms with van der Waals surface area (Å²) in [6, 6.07) is 3.37. The highest BCUT2D eigenvalue weighted by atomic mass is 32.2. The monoisotopic (exact) mass is 285 g/mol. The minimum Gasteiger partial charge on any atom is -0.478 e. The Morgan fingerprint density at radius 1 is 1.53 bits per heavy atom. The average Bonchev–Trinajstić information content (AvgIpc) is 2.89. The first-order chi connectivity index (χ1) is 8.95. The number of hydrogen-bond acceptors (Lipinski definition) is 5. The third kappa shape index (κ3) is 2.95. The van der Waals surface area contributed by atoms with Crippen molar-refractivity contribution in [3.05, 3.63) is 23.7 Å². The molecule has 0 aliphatic carbocycles. The molecule has 1 aromatic rings. The summed E-state index contributed by atoms with van der Waals surface area (Å²) >= 11 is 0. The summed E-state index contributed by atoms with van der Waals surface area (Å²) in [4.78, 5) is 4.30. The van der Waals surface area contributed by atoms with E-state index in [4.69, 9.17) is 9.15 Å². The summed E-state index contributed by atoms with van der Waals surface area (Å²) in [7, 11) is -2.39. The highest BCUT2D eigenvalue weighted by Gasteiger charge is 2.28. The summed E-state index contributed by atoms with van der Waals surface area (Å²) in [6.07, 6.45) is 0.662. The van der Waals surface area contributed by atoms with Gasteiger partial charge >= 0.3 is 10.2 Å². The molecule has 104 valence electrons. The molecule has 0 unspecified atom stereocenters. The molecule has 0 spiro atoms. The summed E-state index contributed by atoms with van der Waals surface area (Å²) in [5.41, 5.74) is 0. The SMILES string of the molecule is CC[C@@H](N=C1NS(=O)(=O)N=C1OC)c1ccc(C)o1. The number of amidine groups is 1. The number of methoxy groups -OCH3 is 1. The minimum atomic E-state index is -3.74. The summed E-state index contributed by atoms with van der Waals surface area (Å²) in [5, 5.41) is 0. The molecule has 0 bridgehead atoms. The summed E-state index contributed by atoms with van der Waals surface area (Å²) in [6.45, 7) is 3.77. The normalized spacial score (nSPS) is 21.0. The van der Waals surface area contributed by atoms with Crippen molar-refractivity contribution in [2.75, 3.05) is 7.11 Å². The van der Waals surface area contributed by atoms with E-state index in [1.165, 1.54) is 7.11 Å². The largest absolute Gasteiger partial charge is 0.478 e. The number of nitrogens with zero attached hydrogens (tertiary/aromatic N) is 2. The zero-order valence-electron chi connectivity index (χ0n) is 10.9. The van der Waals surface area contributed by atoms with Crippen LogP contribution in [0.5, 0.6) is 0 Å². The maximum absolute atomic E-state index is 11.3. The van der Waals surface area contributed by atoms with Crippen molar-refractivity contribution in [2.45, 2.75) is 26.3 Å². The van der Waals surface area contributed by atoms with Crippen molar-refractivity contribution in [2.24, 2.45) is 9.39 Å². The fourth-order valence-electron chi connectivity index (χ4n) is 1.70. The Bertz CT molecular complexity index is 630. The Hall–Kier alpha value is -1.83.